The maximum Gasteiger partial charge on any atom is 0.348 e. The maximum atomic E-state index is 12.9. The van der Waals surface area contributed by atoms with Crippen molar-refractivity contribution in [3.8, 4) is 5.75 Å². The first-order chi connectivity index (χ1) is 15.4. The summed E-state index contributed by atoms with van der Waals surface area (Å²) in [7, 11) is 3.11. The number of thiophene rings is 1. The number of ether oxygens (including phenoxy) is 4. The number of carbonyl (C=O) groups is 3. The Hall–Kier alpha value is -2.91. The normalized spacial score (nSPS) is 16.9. The van der Waals surface area contributed by atoms with Gasteiger partial charge in [0.1, 0.15) is 22.2 Å². The second-order valence-corrected chi connectivity index (χ2v) is 8.34. The van der Waals surface area contributed by atoms with Gasteiger partial charge in [-0.25, -0.2) is 9.59 Å². The molecule has 1 heterocycles. The van der Waals surface area contributed by atoms with Gasteiger partial charge in [-0.15, -0.1) is 11.3 Å². The van der Waals surface area contributed by atoms with E-state index in [0.29, 0.717) is 17.0 Å². The molecule has 1 fully saturated rings. The van der Waals surface area contributed by atoms with Gasteiger partial charge < -0.3 is 24.3 Å². The number of hydrogen-bond donors (Lipinski definition) is 1. The summed E-state index contributed by atoms with van der Waals surface area (Å²) in [6.45, 7) is 3.87. The third kappa shape index (κ3) is 5.28. The Morgan fingerprint density at radius 2 is 1.78 bits per heavy atom. The van der Waals surface area contributed by atoms with E-state index in [1.54, 1.807) is 21.0 Å². The predicted octanol–water partition coefficient (Wildman–Crippen LogP) is 3.79. The van der Waals surface area contributed by atoms with Crippen LogP contribution in [0.25, 0.3) is 0 Å². The van der Waals surface area contributed by atoms with Crippen molar-refractivity contribution in [2.45, 2.75) is 26.2 Å². The maximum absolute atomic E-state index is 12.9. The lowest BCUT2D eigenvalue weighted by Crippen LogP contribution is -2.17. The quantitative estimate of drug-likeness (QED) is 0.424. The Labute approximate surface area is 190 Å². The van der Waals surface area contributed by atoms with E-state index in [9.17, 15) is 14.4 Å². The number of amides is 1. The van der Waals surface area contributed by atoms with Gasteiger partial charge in [0.25, 0.3) is 0 Å². The molecule has 1 aliphatic rings. The summed E-state index contributed by atoms with van der Waals surface area (Å²) in [6.07, 6.45) is 0.711. The van der Waals surface area contributed by atoms with Crippen molar-refractivity contribution in [3.05, 3.63) is 45.8 Å². The summed E-state index contributed by atoms with van der Waals surface area (Å²) in [5, 5.41) is 3.14. The highest BCUT2D eigenvalue weighted by Crippen LogP contribution is 2.48. The molecule has 1 N–H and O–H groups in total. The number of carbonyl (C=O) groups excluding carboxylic acids is 3. The third-order valence-electron chi connectivity index (χ3n) is 5.24. The molecule has 3 rings (SSSR count). The third-order valence-corrected chi connectivity index (χ3v) is 6.43. The number of methoxy groups -OCH3 is 2. The Bertz CT molecular complexity index is 983. The molecule has 8 nitrogen and oxygen atoms in total. The van der Waals surface area contributed by atoms with Crippen molar-refractivity contribution < 1.29 is 33.3 Å². The van der Waals surface area contributed by atoms with Crippen LogP contribution in [0.5, 0.6) is 5.75 Å². The van der Waals surface area contributed by atoms with E-state index >= 15 is 0 Å². The average Bonchev–Trinajstić information content (AvgIpc) is 3.52. The molecule has 1 amide bonds. The molecule has 0 spiro atoms. The first kappa shape index (κ1) is 23.7. The lowest BCUT2D eigenvalue weighted by atomic mass is 10.1. The van der Waals surface area contributed by atoms with Crippen LogP contribution in [-0.2, 0) is 19.0 Å². The van der Waals surface area contributed by atoms with E-state index in [2.05, 4.69) is 5.32 Å². The van der Waals surface area contributed by atoms with Crippen molar-refractivity contribution in [2.24, 2.45) is 5.92 Å². The van der Waals surface area contributed by atoms with E-state index in [-0.39, 0.29) is 48.0 Å². The summed E-state index contributed by atoms with van der Waals surface area (Å²) < 4.78 is 20.4. The van der Waals surface area contributed by atoms with Gasteiger partial charge in [0, 0.05) is 13.0 Å². The van der Waals surface area contributed by atoms with E-state index in [1.165, 1.54) is 7.11 Å². The van der Waals surface area contributed by atoms with Gasteiger partial charge in [-0.1, -0.05) is 12.1 Å². The van der Waals surface area contributed by atoms with Crippen LogP contribution >= 0.6 is 11.3 Å². The number of nitrogens with one attached hydrogen (secondary N) is 1. The predicted molar refractivity (Wildman–Crippen MR) is 120 cm³/mol. The fraction of sp³-hybridized carbons (Fsp3) is 0.435. The number of esters is 2. The van der Waals surface area contributed by atoms with Crippen LogP contribution in [0.15, 0.2) is 24.3 Å². The van der Waals surface area contributed by atoms with Crippen LogP contribution in [-0.4, -0.2) is 51.9 Å². The highest BCUT2D eigenvalue weighted by atomic mass is 32.1. The highest BCUT2D eigenvalue weighted by molar-refractivity contribution is 7.18. The first-order valence-corrected chi connectivity index (χ1v) is 11.1. The van der Waals surface area contributed by atoms with Gasteiger partial charge in [-0.3, -0.25) is 4.79 Å². The zero-order chi connectivity index (χ0) is 23.3. The molecule has 172 valence electrons. The van der Waals surface area contributed by atoms with E-state index in [4.69, 9.17) is 18.9 Å². The van der Waals surface area contributed by atoms with Gasteiger partial charge in [-0.2, -0.15) is 0 Å². The summed E-state index contributed by atoms with van der Waals surface area (Å²) in [5.74, 6) is -0.706. The molecule has 2 atom stereocenters. The number of rotatable bonds is 10. The Morgan fingerprint density at radius 1 is 1.06 bits per heavy atom. The summed E-state index contributed by atoms with van der Waals surface area (Å²) in [5.41, 5.74) is 1.67. The zero-order valence-corrected chi connectivity index (χ0v) is 19.4. The molecule has 1 saturated carbocycles. The van der Waals surface area contributed by atoms with Crippen molar-refractivity contribution >= 4 is 34.2 Å². The Balaban J connectivity index is 1.76. The standard InChI is InChI=1S/C23H27NO7S/c1-5-30-22(26)18-13(2)19(23(27)31-11-10-28-3)32-21(18)24-20(25)17-12-16(17)14-6-8-15(29-4)9-7-14/h6-9,16-17H,5,10-12H2,1-4H3,(H,24,25). The van der Waals surface area contributed by atoms with Crippen molar-refractivity contribution in [3.63, 3.8) is 0 Å². The first-order valence-electron chi connectivity index (χ1n) is 10.3. The number of benzene rings is 1. The Morgan fingerprint density at radius 3 is 2.41 bits per heavy atom. The molecular weight excluding hydrogens is 434 g/mol. The van der Waals surface area contributed by atoms with Crippen molar-refractivity contribution in [1.29, 1.82) is 0 Å². The van der Waals surface area contributed by atoms with Gasteiger partial charge in [-0.05, 0) is 49.4 Å². The van der Waals surface area contributed by atoms with Crippen LogP contribution in [0.4, 0.5) is 5.00 Å². The zero-order valence-electron chi connectivity index (χ0n) is 18.6. The van der Waals surface area contributed by atoms with Crippen LogP contribution in [0.2, 0.25) is 0 Å². The fourth-order valence-corrected chi connectivity index (χ4v) is 4.53. The van der Waals surface area contributed by atoms with Crippen LogP contribution in [0, 0.1) is 12.8 Å². The molecule has 9 heteroatoms. The molecule has 2 unspecified atom stereocenters. The molecular formula is C23H27NO7S. The topological polar surface area (TPSA) is 100 Å². The van der Waals surface area contributed by atoms with Crippen molar-refractivity contribution in [1.82, 2.24) is 0 Å². The second kappa shape index (κ2) is 10.6. The minimum Gasteiger partial charge on any atom is -0.497 e. The lowest BCUT2D eigenvalue weighted by Gasteiger charge is -2.07. The lowest BCUT2D eigenvalue weighted by molar-refractivity contribution is -0.117. The summed E-state index contributed by atoms with van der Waals surface area (Å²) >= 11 is 1.02. The molecule has 2 aromatic rings. The van der Waals surface area contributed by atoms with Gasteiger partial charge in [0.05, 0.1) is 25.9 Å². The number of anilines is 1. The molecule has 1 aromatic carbocycles. The average molecular weight is 462 g/mol. The van der Waals surface area contributed by atoms with Crippen LogP contribution < -0.4 is 10.1 Å². The Kier molecular flexibility index (Phi) is 7.87. The highest BCUT2D eigenvalue weighted by Gasteiger charge is 2.44. The van der Waals surface area contributed by atoms with Crippen LogP contribution in [0.1, 0.15) is 50.4 Å². The smallest absolute Gasteiger partial charge is 0.348 e. The minimum atomic E-state index is -0.588. The molecule has 32 heavy (non-hydrogen) atoms. The largest absolute Gasteiger partial charge is 0.497 e. The second-order valence-electron chi connectivity index (χ2n) is 7.32. The molecule has 0 aliphatic heterocycles. The SMILES string of the molecule is CCOC(=O)c1c(NC(=O)C2CC2c2ccc(OC)cc2)sc(C(=O)OCCOC)c1C. The van der Waals surface area contributed by atoms with E-state index < -0.39 is 11.9 Å². The summed E-state index contributed by atoms with van der Waals surface area (Å²) in [4.78, 5) is 38.2. The minimum absolute atomic E-state index is 0.0920. The van der Waals surface area contributed by atoms with Gasteiger partial charge in [0.2, 0.25) is 5.91 Å². The summed E-state index contributed by atoms with van der Waals surface area (Å²) in [6, 6.07) is 7.63. The van der Waals surface area contributed by atoms with Crippen LogP contribution in [0.3, 0.4) is 0 Å². The molecule has 1 aromatic heterocycles. The monoisotopic (exact) mass is 461 g/mol. The molecule has 0 bridgehead atoms. The molecule has 0 saturated heterocycles. The van der Waals surface area contributed by atoms with Gasteiger partial charge >= 0.3 is 11.9 Å². The van der Waals surface area contributed by atoms with Gasteiger partial charge in [0.15, 0.2) is 0 Å². The molecule has 0 radical (unpaired) electrons. The fourth-order valence-electron chi connectivity index (χ4n) is 3.44. The van der Waals surface area contributed by atoms with E-state index in [1.807, 2.05) is 24.3 Å². The number of hydrogen-bond acceptors (Lipinski definition) is 8. The van der Waals surface area contributed by atoms with E-state index in [0.717, 1.165) is 22.6 Å². The molecule has 1 aliphatic carbocycles. The van der Waals surface area contributed by atoms with Crippen molar-refractivity contribution in [2.75, 3.05) is 39.4 Å².